The van der Waals surface area contributed by atoms with Gasteiger partial charge in [-0.2, -0.15) is 0 Å². The van der Waals surface area contributed by atoms with Gasteiger partial charge in [-0.15, -0.1) is 0 Å². The number of amides is 1. The molecule has 116 valence electrons. The van der Waals surface area contributed by atoms with Crippen molar-refractivity contribution in [3.8, 4) is 0 Å². The highest BCUT2D eigenvalue weighted by atomic mass is 16.5. The average molecular weight is 284 g/mol. The van der Waals surface area contributed by atoms with Crippen LogP contribution in [0, 0.1) is 5.92 Å². The predicted molar refractivity (Wildman–Crippen MR) is 78.3 cm³/mol. The minimum atomic E-state index is -0.246. The Hall–Kier alpha value is -1.10. The van der Waals surface area contributed by atoms with E-state index in [1.165, 1.54) is 6.92 Å². The Bertz CT molecular complexity index is 320. The smallest absolute Gasteiger partial charge is 0.302 e. The molecule has 0 aromatic carbocycles. The Morgan fingerprint density at radius 1 is 1.45 bits per heavy atom. The normalized spacial score (nSPS) is 21.2. The number of piperidine rings is 1. The molecule has 1 aliphatic rings. The number of esters is 1. The van der Waals surface area contributed by atoms with E-state index in [0.717, 1.165) is 38.8 Å². The number of hydrogen-bond acceptors (Lipinski definition) is 4. The van der Waals surface area contributed by atoms with Gasteiger partial charge in [-0.3, -0.25) is 14.5 Å². The molecule has 1 N–H and O–H groups in total. The number of nitrogens with zero attached hydrogens (tertiary/aromatic N) is 1. The molecule has 1 saturated heterocycles. The molecule has 1 rings (SSSR count). The molecular weight excluding hydrogens is 256 g/mol. The Kier molecular flexibility index (Phi) is 7.59. The van der Waals surface area contributed by atoms with Gasteiger partial charge in [-0.05, 0) is 32.7 Å². The van der Waals surface area contributed by atoms with Gasteiger partial charge >= 0.3 is 5.97 Å². The van der Waals surface area contributed by atoms with Gasteiger partial charge in [0.25, 0.3) is 0 Å². The van der Waals surface area contributed by atoms with Crippen LogP contribution in [0.1, 0.15) is 46.5 Å². The van der Waals surface area contributed by atoms with Crippen LogP contribution >= 0.6 is 0 Å². The highest BCUT2D eigenvalue weighted by Gasteiger charge is 2.26. The lowest BCUT2D eigenvalue weighted by Crippen LogP contribution is -2.46. The fourth-order valence-corrected chi connectivity index (χ4v) is 2.66. The summed E-state index contributed by atoms with van der Waals surface area (Å²) in [6.07, 6.45) is 4.09. The molecule has 0 radical (unpaired) electrons. The first kappa shape index (κ1) is 17.0. The zero-order chi connectivity index (χ0) is 15.0. The monoisotopic (exact) mass is 284 g/mol. The van der Waals surface area contributed by atoms with Gasteiger partial charge in [0.05, 0.1) is 5.92 Å². The third kappa shape index (κ3) is 6.37. The van der Waals surface area contributed by atoms with Crippen molar-refractivity contribution >= 4 is 11.9 Å². The van der Waals surface area contributed by atoms with Crippen molar-refractivity contribution in [2.75, 3.05) is 26.2 Å². The Labute approximate surface area is 122 Å². The summed E-state index contributed by atoms with van der Waals surface area (Å²) in [5, 5.41) is 3.09. The SMILES string of the molecule is CCC[C@H](C)NC(=O)[C@@H]1CCCN(CCOC(C)=O)C1. The summed E-state index contributed by atoms with van der Waals surface area (Å²) in [7, 11) is 0. The average Bonchev–Trinajstić information content (AvgIpc) is 2.39. The van der Waals surface area contributed by atoms with Crippen LogP contribution in [0.3, 0.4) is 0 Å². The highest BCUT2D eigenvalue weighted by Crippen LogP contribution is 2.16. The number of carbonyl (C=O) groups is 2. The first-order chi connectivity index (χ1) is 9.52. The molecule has 5 heteroatoms. The molecule has 1 amide bonds. The summed E-state index contributed by atoms with van der Waals surface area (Å²) >= 11 is 0. The van der Waals surface area contributed by atoms with Gasteiger partial charge in [0.1, 0.15) is 6.61 Å². The summed E-state index contributed by atoms with van der Waals surface area (Å²) in [5.74, 6) is -0.00628. The predicted octanol–water partition coefficient (Wildman–Crippen LogP) is 1.57. The van der Waals surface area contributed by atoms with Crippen molar-refractivity contribution in [1.82, 2.24) is 10.2 Å². The van der Waals surface area contributed by atoms with Crippen LogP contribution in [0.15, 0.2) is 0 Å². The van der Waals surface area contributed by atoms with E-state index < -0.39 is 0 Å². The lowest BCUT2D eigenvalue weighted by atomic mass is 9.96. The molecule has 1 fully saturated rings. The van der Waals surface area contributed by atoms with Gasteiger partial charge < -0.3 is 10.1 Å². The molecule has 5 nitrogen and oxygen atoms in total. The second-order valence-corrected chi connectivity index (χ2v) is 5.68. The maximum Gasteiger partial charge on any atom is 0.302 e. The number of carbonyl (C=O) groups excluding carboxylic acids is 2. The Balaban J connectivity index is 2.32. The summed E-state index contributed by atoms with van der Waals surface area (Å²) in [6.45, 7) is 8.48. The third-order valence-corrected chi connectivity index (χ3v) is 3.70. The topological polar surface area (TPSA) is 58.6 Å². The van der Waals surface area contributed by atoms with E-state index in [1.807, 2.05) is 0 Å². The largest absolute Gasteiger partial charge is 0.465 e. The molecular formula is C15H28N2O3. The highest BCUT2D eigenvalue weighted by molar-refractivity contribution is 5.79. The second-order valence-electron chi connectivity index (χ2n) is 5.68. The lowest BCUT2D eigenvalue weighted by molar-refractivity contribution is -0.141. The van der Waals surface area contributed by atoms with Gasteiger partial charge in [-0.25, -0.2) is 0 Å². The number of nitrogens with one attached hydrogen (secondary N) is 1. The molecule has 1 aliphatic heterocycles. The van der Waals surface area contributed by atoms with Crippen LogP contribution in [0.4, 0.5) is 0 Å². The zero-order valence-corrected chi connectivity index (χ0v) is 13.0. The maximum absolute atomic E-state index is 12.2. The van der Waals surface area contributed by atoms with Crippen molar-refractivity contribution in [2.45, 2.75) is 52.5 Å². The van der Waals surface area contributed by atoms with Gasteiger partial charge in [0, 0.05) is 26.1 Å². The minimum absolute atomic E-state index is 0.0698. The number of ether oxygens (including phenoxy) is 1. The summed E-state index contributed by atoms with van der Waals surface area (Å²) < 4.78 is 4.96. The van der Waals surface area contributed by atoms with E-state index in [4.69, 9.17) is 4.74 Å². The maximum atomic E-state index is 12.2. The van der Waals surface area contributed by atoms with Crippen molar-refractivity contribution in [1.29, 1.82) is 0 Å². The molecule has 0 unspecified atom stereocenters. The van der Waals surface area contributed by atoms with E-state index in [-0.39, 0.29) is 23.8 Å². The second kappa shape index (κ2) is 8.95. The fraction of sp³-hybridized carbons (Fsp3) is 0.867. The number of likely N-dealkylation sites (tertiary alicyclic amines) is 1. The molecule has 0 aliphatic carbocycles. The molecule has 2 atom stereocenters. The van der Waals surface area contributed by atoms with Crippen molar-refractivity contribution < 1.29 is 14.3 Å². The van der Waals surface area contributed by atoms with E-state index in [2.05, 4.69) is 24.1 Å². The molecule has 0 bridgehead atoms. The van der Waals surface area contributed by atoms with E-state index >= 15 is 0 Å². The van der Waals surface area contributed by atoms with Crippen LogP contribution in [0.2, 0.25) is 0 Å². The van der Waals surface area contributed by atoms with Crippen molar-refractivity contribution in [2.24, 2.45) is 5.92 Å². The van der Waals surface area contributed by atoms with Crippen molar-refractivity contribution in [3.05, 3.63) is 0 Å². The molecule has 20 heavy (non-hydrogen) atoms. The van der Waals surface area contributed by atoms with Crippen LogP contribution in [0.5, 0.6) is 0 Å². The van der Waals surface area contributed by atoms with Crippen LogP contribution in [-0.2, 0) is 14.3 Å². The van der Waals surface area contributed by atoms with E-state index in [1.54, 1.807) is 0 Å². The molecule has 0 saturated carbocycles. The summed E-state index contributed by atoms with van der Waals surface area (Å²) in [6, 6.07) is 0.254. The Morgan fingerprint density at radius 2 is 2.20 bits per heavy atom. The van der Waals surface area contributed by atoms with E-state index in [9.17, 15) is 9.59 Å². The van der Waals surface area contributed by atoms with E-state index in [0.29, 0.717) is 13.2 Å². The number of rotatable bonds is 7. The molecule has 0 aromatic rings. The van der Waals surface area contributed by atoms with Crippen LogP contribution in [0.25, 0.3) is 0 Å². The lowest BCUT2D eigenvalue weighted by Gasteiger charge is -2.32. The van der Waals surface area contributed by atoms with Gasteiger partial charge in [0.15, 0.2) is 0 Å². The van der Waals surface area contributed by atoms with Crippen LogP contribution in [-0.4, -0.2) is 49.1 Å². The summed E-state index contributed by atoms with van der Waals surface area (Å²) in [5.41, 5.74) is 0. The first-order valence-corrected chi connectivity index (χ1v) is 7.69. The molecule has 0 spiro atoms. The number of hydrogen-bond donors (Lipinski definition) is 1. The van der Waals surface area contributed by atoms with Gasteiger partial charge in [-0.1, -0.05) is 13.3 Å². The third-order valence-electron chi connectivity index (χ3n) is 3.70. The fourth-order valence-electron chi connectivity index (χ4n) is 2.66. The summed E-state index contributed by atoms with van der Waals surface area (Å²) in [4.78, 5) is 25.1. The van der Waals surface area contributed by atoms with Gasteiger partial charge in [0.2, 0.25) is 5.91 Å². The first-order valence-electron chi connectivity index (χ1n) is 7.69. The molecule has 0 aromatic heterocycles. The zero-order valence-electron chi connectivity index (χ0n) is 13.0. The Morgan fingerprint density at radius 3 is 2.85 bits per heavy atom. The quantitative estimate of drug-likeness (QED) is 0.721. The minimum Gasteiger partial charge on any atom is -0.465 e. The molecule has 1 heterocycles. The van der Waals surface area contributed by atoms with Crippen molar-refractivity contribution in [3.63, 3.8) is 0 Å². The standard InChI is InChI=1S/C15H28N2O3/c1-4-6-12(2)16-15(19)14-7-5-8-17(11-14)9-10-20-13(3)18/h12,14H,4-11H2,1-3H3,(H,16,19)/t12-,14+/m0/s1. The van der Waals surface area contributed by atoms with Crippen LogP contribution < -0.4 is 5.32 Å².